The number of carbonyl (C=O) groups is 1. The van der Waals surface area contributed by atoms with Gasteiger partial charge in [0.05, 0.1) is 17.8 Å². The van der Waals surface area contributed by atoms with E-state index in [2.05, 4.69) is 0 Å². The number of nitrogens with two attached hydrogens (primary N) is 1. The number of amides is 1. The Labute approximate surface area is 126 Å². The van der Waals surface area contributed by atoms with Crippen molar-refractivity contribution in [2.24, 2.45) is 11.1 Å². The molecule has 0 aromatic heterocycles. The number of hydrogen-bond acceptors (Lipinski definition) is 6. The van der Waals surface area contributed by atoms with Crippen molar-refractivity contribution in [3.8, 4) is 5.75 Å². The number of hydrogen-bond donors (Lipinski definition) is 1. The fraction of sp³-hybridized carbons (Fsp3) is 0.417. The van der Waals surface area contributed by atoms with Crippen molar-refractivity contribution in [1.29, 1.82) is 0 Å². The normalized spacial score (nSPS) is 18.5. The minimum Gasteiger partial charge on any atom is -0.497 e. The summed E-state index contributed by atoms with van der Waals surface area (Å²) in [5, 5.41) is 16.1. The first-order chi connectivity index (χ1) is 10.2. The molecule has 0 saturated carbocycles. The number of nitro groups is 1. The number of methoxy groups -OCH3 is 1. The summed E-state index contributed by atoms with van der Waals surface area (Å²) in [5.74, 6) is -0.853. The van der Waals surface area contributed by atoms with Crippen LogP contribution in [0.15, 0.2) is 18.2 Å². The van der Waals surface area contributed by atoms with Crippen LogP contribution in [0.2, 0.25) is 0 Å². The van der Waals surface area contributed by atoms with Crippen LogP contribution in [0.25, 0.3) is 0 Å². The number of primary sulfonamides is 1. The molecule has 1 saturated heterocycles. The SMILES string of the molecule is COc1ccc([N+](=O)[O-])c(N2CC(CS(N)(=O)=O)CC2=O)c1. The Morgan fingerprint density at radius 1 is 1.50 bits per heavy atom. The van der Waals surface area contributed by atoms with E-state index in [0.717, 1.165) is 0 Å². The zero-order valence-corrected chi connectivity index (χ0v) is 12.6. The predicted octanol–water partition coefficient (Wildman–Crippen LogP) is 0.245. The first kappa shape index (κ1) is 16.2. The molecule has 22 heavy (non-hydrogen) atoms. The highest BCUT2D eigenvalue weighted by molar-refractivity contribution is 7.89. The Morgan fingerprint density at radius 3 is 2.73 bits per heavy atom. The van der Waals surface area contributed by atoms with Crippen LogP contribution in [0.5, 0.6) is 5.75 Å². The van der Waals surface area contributed by atoms with Crippen molar-refractivity contribution < 1.29 is 22.9 Å². The van der Waals surface area contributed by atoms with Gasteiger partial charge in [0.25, 0.3) is 5.69 Å². The summed E-state index contributed by atoms with van der Waals surface area (Å²) >= 11 is 0. The fourth-order valence-corrected chi connectivity index (χ4v) is 3.34. The lowest BCUT2D eigenvalue weighted by molar-refractivity contribution is -0.384. The summed E-state index contributed by atoms with van der Waals surface area (Å²) in [7, 11) is -2.31. The van der Waals surface area contributed by atoms with Gasteiger partial charge in [0, 0.05) is 31.0 Å². The van der Waals surface area contributed by atoms with Crippen LogP contribution in [0.4, 0.5) is 11.4 Å². The van der Waals surface area contributed by atoms with Gasteiger partial charge >= 0.3 is 0 Å². The largest absolute Gasteiger partial charge is 0.497 e. The molecule has 0 aliphatic carbocycles. The van der Waals surface area contributed by atoms with E-state index in [1.54, 1.807) is 0 Å². The van der Waals surface area contributed by atoms with E-state index in [9.17, 15) is 23.3 Å². The van der Waals surface area contributed by atoms with Gasteiger partial charge in [-0.15, -0.1) is 0 Å². The topological polar surface area (TPSA) is 133 Å². The lowest BCUT2D eigenvalue weighted by Crippen LogP contribution is -2.28. The average Bonchev–Trinajstić information content (AvgIpc) is 2.76. The molecule has 120 valence electrons. The van der Waals surface area contributed by atoms with Gasteiger partial charge in [0.1, 0.15) is 11.4 Å². The van der Waals surface area contributed by atoms with Crippen LogP contribution in [0.3, 0.4) is 0 Å². The number of benzene rings is 1. The van der Waals surface area contributed by atoms with Gasteiger partial charge in [-0.2, -0.15) is 0 Å². The van der Waals surface area contributed by atoms with Crippen LogP contribution in [0.1, 0.15) is 6.42 Å². The Kier molecular flexibility index (Phi) is 4.33. The summed E-state index contributed by atoms with van der Waals surface area (Å²) in [6.45, 7) is 0.0588. The number of sulfonamides is 1. The maximum Gasteiger partial charge on any atom is 0.293 e. The molecule has 1 fully saturated rings. The van der Waals surface area contributed by atoms with Crippen molar-refractivity contribution in [2.45, 2.75) is 6.42 Å². The third-order valence-corrected chi connectivity index (χ3v) is 4.28. The Bertz CT molecular complexity index is 718. The van der Waals surface area contributed by atoms with E-state index in [0.29, 0.717) is 5.75 Å². The highest BCUT2D eigenvalue weighted by atomic mass is 32.2. The van der Waals surface area contributed by atoms with E-state index in [-0.39, 0.29) is 36.0 Å². The zero-order valence-electron chi connectivity index (χ0n) is 11.8. The smallest absolute Gasteiger partial charge is 0.293 e. The van der Waals surface area contributed by atoms with Gasteiger partial charge in [-0.25, -0.2) is 13.6 Å². The van der Waals surface area contributed by atoms with Crippen molar-refractivity contribution in [3.63, 3.8) is 0 Å². The maximum atomic E-state index is 12.1. The third kappa shape index (κ3) is 3.52. The molecule has 0 radical (unpaired) electrons. The van der Waals surface area contributed by atoms with Gasteiger partial charge in [0.2, 0.25) is 15.9 Å². The highest BCUT2D eigenvalue weighted by Crippen LogP contribution is 2.35. The molecule has 1 heterocycles. The highest BCUT2D eigenvalue weighted by Gasteiger charge is 2.36. The number of ether oxygens (including phenoxy) is 1. The molecule has 1 aliphatic rings. The first-order valence-corrected chi connectivity index (χ1v) is 8.06. The summed E-state index contributed by atoms with van der Waals surface area (Å²) in [5.41, 5.74) is -0.156. The van der Waals surface area contributed by atoms with Crippen LogP contribution in [-0.2, 0) is 14.8 Å². The summed E-state index contributed by atoms with van der Waals surface area (Å²) in [6.07, 6.45) is -0.0230. The third-order valence-electron chi connectivity index (χ3n) is 3.34. The Hall–Kier alpha value is -2.20. The average molecular weight is 329 g/mol. The number of rotatable bonds is 5. The Morgan fingerprint density at radius 2 is 2.18 bits per heavy atom. The standard InChI is InChI=1S/C12H15N3O6S/c1-21-9-2-3-10(15(17)18)11(5-9)14-6-8(4-12(14)16)7-22(13,19)20/h2-3,5,8H,4,6-7H2,1H3,(H2,13,19,20). The monoisotopic (exact) mass is 329 g/mol. The van der Waals surface area contributed by atoms with E-state index in [1.807, 2.05) is 0 Å². The molecule has 1 aliphatic heterocycles. The van der Waals surface area contributed by atoms with Crippen molar-refractivity contribution in [1.82, 2.24) is 0 Å². The van der Waals surface area contributed by atoms with Gasteiger partial charge in [-0.3, -0.25) is 14.9 Å². The van der Waals surface area contributed by atoms with Crippen molar-refractivity contribution in [3.05, 3.63) is 28.3 Å². The minimum atomic E-state index is -3.71. The molecule has 10 heteroatoms. The number of nitrogens with zero attached hydrogens (tertiary/aromatic N) is 2. The van der Waals surface area contributed by atoms with E-state index in [1.165, 1.54) is 30.2 Å². The minimum absolute atomic E-state index is 0.0230. The molecular weight excluding hydrogens is 314 g/mol. The van der Waals surface area contributed by atoms with Gasteiger partial charge < -0.3 is 9.64 Å². The molecule has 2 rings (SSSR count). The fourth-order valence-electron chi connectivity index (χ4n) is 2.46. The molecule has 1 aromatic rings. The van der Waals surface area contributed by atoms with E-state index < -0.39 is 20.9 Å². The van der Waals surface area contributed by atoms with Gasteiger partial charge in [-0.05, 0) is 6.07 Å². The second kappa shape index (κ2) is 5.89. The summed E-state index contributed by atoms with van der Waals surface area (Å²) < 4.78 is 27.3. The summed E-state index contributed by atoms with van der Waals surface area (Å²) in [4.78, 5) is 23.8. The van der Waals surface area contributed by atoms with Crippen LogP contribution in [0, 0.1) is 16.0 Å². The predicted molar refractivity (Wildman–Crippen MR) is 78.1 cm³/mol. The molecule has 0 bridgehead atoms. The molecule has 1 atom stereocenters. The Balaban J connectivity index is 2.35. The summed E-state index contributed by atoms with van der Waals surface area (Å²) in [6, 6.07) is 4.05. The number of anilines is 1. The lowest BCUT2D eigenvalue weighted by Gasteiger charge is -2.17. The molecule has 0 spiro atoms. The van der Waals surface area contributed by atoms with Crippen LogP contribution in [-0.4, -0.2) is 38.7 Å². The van der Waals surface area contributed by atoms with Gasteiger partial charge in [-0.1, -0.05) is 0 Å². The number of carbonyl (C=O) groups excluding carboxylic acids is 1. The maximum absolute atomic E-state index is 12.1. The molecule has 1 amide bonds. The van der Waals surface area contributed by atoms with Crippen LogP contribution >= 0.6 is 0 Å². The van der Waals surface area contributed by atoms with E-state index >= 15 is 0 Å². The van der Waals surface area contributed by atoms with Gasteiger partial charge in [0.15, 0.2) is 0 Å². The van der Waals surface area contributed by atoms with Crippen molar-refractivity contribution in [2.75, 3.05) is 24.3 Å². The number of nitro benzene ring substituents is 1. The van der Waals surface area contributed by atoms with E-state index in [4.69, 9.17) is 9.88 Å². The molecule has 1 unspecified atom stereocenters. The second-order valence-electron chi connectivity index (χ2n) is 5.02. The molecule has 9 nitrogen and oxygen atoms in total. The zero-order chi connectivity index (χ0) is 16.5. The molecular formula is C12H15N3O6S. The van der Waals surface area contributed by atoms with Crippen LogP contribution < -0.4 is 14.8 Å². The second-order valence-corrected chi connectivity index (χ2v) is 6.67. The first-order valence-electron chi connectivity index (χ1n) is 6.34. The quantitative estimate of drug-likeness (QED) is 0.608. The lowest BCUT2D eigenvalue weighted by atomic mass is 10.1. The molecule has 1 aromatic carbocycles. The molecule has 2 N–H and O–H groups in total. The van der Waals surface area contributed by atoms with Crippen molar-refractivity contribution >= 4 is 27.3 Å².